The molecule has 1 aromatic carbocycles. The van der Waals surface area contributed by atoms with Crippen molar-refractivity contribution in [1.82, 2.24) is 10.3 Å². The van der Waals surface area contributed by atoms with Gasteiger partial charge in [-0.15, -0.1) is 24.8 Å². The molecule has 0 saturated heterocycles. The number of primary amides is 1. The van der Waals surface area contributed by atoms with Gasteiger partial charge in [-0.25, -0.2) is 0 Å². The Bertz CT molecular complexity index is 764. The first kappa shape index (κ1) is 24.2. The van der Waals surface area contributed by atoms with E-state index in [-0.39, 0.29) is 30.7 Å². The molecule has 1 aromatic heterocycles. The summed E-state index contributed by atoms with van der Waals surface area (Å²) in [5, 5.41) is 3.31. The van der Waals surface area contributed by atoms with Crippen molar-refractivity contribution in [2.75, 3.05) is 14.2 Å². The topological polar surface area (TPSA) is 77.2 Å². The second-order valence-corrected chi connectivity index (χ2v) is 7.13. The Hall–Kier alpha value is -1.82. The summed E-state index contributed by atoms with van der Waals surface area (Å²) in [5.74, 6) is 0.582. The second kappa shape index (κ2) is 10.6. The van der Waals surface area contributed by atoms with Gasteiger partial charge in [-0.05, 0) is 75.0 Å². The van der Waals surface area contributed by atoms with Crippen LogP contribution in [0.4, 0.5) is 0 Å². The van der Waals surface area contributed by atoms with Crippen molar-refractivity contribution in [2.45, 2.75) is 38.1 Å². The SMILES string of the molecule is CNC1CCC(Cc2cc(-c3ccccn3)ccc2OC)(C(N)=O)CC1.Cl.Cl. The van der Waals surface area contributed by atoms with Crippen molar-refractivity contribution >= 4 is 30.7 Å². The Morgan fingerprint density at radius 3 is 2.50 bits per heavy atom. The maximum Gasteiger partial charge on any atom is 0.223 e. The van der Waals surface area contributed by atoms with Crippen LogP contribution in [0.25, 0.3) is 11.3 Å². The minimum absolute atomic E-state index is 0. The average molecular weight is 426 g/mol. The number of carbonyl (C=O) groups excluding carboxylic acids is 1. The summed E-state index contributed by atoms with van der Waals surface area (Å²) in [6, 6.07) is 12.3. The molecule has 0 bridgehead atoms. The van der Waals surface area contributed by atoms with E-state index in [1.165, 1.54) is 0 Å². The Labute approximate surface area is 179 Å². The third-order valence-electron chi connectivity index (χ3n) is 5.64. The fraction of sp³-hybridized carbons (Fsp3) is 0.429. The number of rotatable bonds is 6. The molecule has 1 fully saturated rings. The molecule has 1 aliphatic rings. The van der Waals surface area contributed by atoms with Gasteiger partial charge < -0.3 is 15.8 Å². The van der Waals surface area contributed by atoms with Gasteiger partial charge in [-0.1, -0.05) is 6.07 Å². The van der Waals surface area contributed by atoms with Crippen molar-refractivity contribution in [2.24, 2.45) is 11.1 Å². The van der Waals surface area contributed by atoms with Gasteiger partial charge in [0.1, 0.15) is 5.75 Å². The van der Waals surface area contributed by atoms with E-state index in [4.69, 9.17) is 10.5 Å². The highest BCUT2D eigenvalue weighted by Gasteiger charge is 2.40. The van der Waals surface area contributed by atoms with Gasteiger partial charge in [0.25, 0.3) is 0 Å². The van der Waals surface area contributed by atoms with Gasteiger partial charge in [0.15, 0.2) is 0 Å². The van der Waals surface area contributed by atoms with Crippen LogP contribution in [0.3, 0.4) is 0 Å². The molecule has 1 heterocycles. The largest absolute Gasteiger partial charge is 0.496 e. The lowest BCUT2D eigenvalue weighted by Gasteiger charge is -2.38. The average Bonchev–Trinajstić information content (AvgIpc) is 2.69. The molecule has 28 heavy (non-hydrogen) atoms. The minimum atomic E-state index is -0.511. The summed E-state index contributed by atoms with van der Waals surface area (Å²) >= 11 is 0. The molecule has 1 amide bonds. The van der Waals surface area contributed by atoms with Crippen LogP contribution >= 0.6 is 24.8 Å². The molecular formula is C21H29Cl2N3O2. The third kappa shape index (κ3) is 5.16. The van der Waals surface area contributed by atoms with Crippen molar-refractivity contribution in [3.05, 3.63) is 48.2 Å². The van der Waals surface area contributed by atoms with E-state index >= 15 is 0 Å². The smallest absolute Gasteiger partial charge is 0.223 e. The number of benzene rings is 1. The monoisotopic (exact) mass is 425 g/mol. The van der Waals surface area contributed by atoms with Gasteiger partial charge in [0.05, 0.1) is 18.2 Å². The Balaban J connectivity index is 0.00000196. The summed E-state index contributed by atoms with van der Waals surface area (Å²) in [5.41, 5.74) is 8.29. The van der Waals surface area contributed by atoms with Crippen LogP contribution < -0.4 is 15.8 Å². The van der Waals surface area contributed by atoms with Crippen molar-refractivity contribution in [3.63, 3.8) is 0 Å². The lowest BCUT2D eigenvalue weighted by atomic mass is 9.68. The van der Waals surface area contributed by atoms with Gasteiger partial charge in [-0.2, -0.15) is 0 Å². The maximum atomic E-state index is 12.4. The van der Waals surface area contributed by atoms with Gasteiger partial charge in [-0.3, -0.25) is 9.78 Å². The van der Waals surface area contributed by atoms with Gasteiger partial charge >= 0.3 is 0 Å². The number of carbonyl (C=O) groups is 1. The minimum Gasteiger partial charge on any atom is -0.496 e. The highest BCUT2D eigenvalue weighted by Crippen LogP contribution is 2.41. The van der Waals surface area contributed by atoms with Gasteiger partial charge in [0, 0.05) is 17.8 Å². The normalized spacial score (nSPS) is 21.1. The number of methoxy groups -OCH3 is 1. The van der Waals surface area contributed by atoms with E-state index in [1.807, 2.05) is 37.4 Å². The van der Waals surface area contributed by atoms with Crippen LogP contribution in [0.5, 0.6) is 5.75 Å². The number of aromatic nitrogens is 1. The molecule has 5 nitrogen and oxygen atoms in total. The number of ether oxygens (including phenoxy) is 1. The Kier molecular flexibility index (Phi) is 9.21. The van der Waals surface area contributed by atoms with E-state index in [0.29, 0.717) is 12.5 Å². The summed E-state index contributed by atoms with van der Waals surface area (Å²) < 4.78 is 5.56. The molecule has 3 rings (SSSR count). The Morgan fingerprint density at radius 2 is 1.96 bits per heavy atom. The van der Waals surface area contributed by atoms with Crippen molar-refractivity contribution in [1.29, 1.82) is 0 Å². The number of hydrogen-bond donors (Lipinski definition) is 2. The third-order valence-corrected chi connectivity index (χ3v) is 5.64. The van der Waals surface area contributed by atoms with E-state index in [2.05, 4.69) is 16.4 Å². The Morgan fingerprint density at radius 1 is 1.25 bits per heavy atom. The zero-order valence-electron chi connectivity index (χ0n) is 16.3. The fourth-order valence-electron chi connectivity index (χ4n) is 3.94. The van der Waals surface area contributed by atoms with E-state index in [1.54, 1.807) is 13.3 Å². The number of nitrogens with one attached hydrogen (secondary N) is 1. The first-order valence-corrected chi connectivity index (χ1v) is 9.13. The van der Waals surface area contributed by atoms with E-state index in [0.717, 1.165) is 48.3 Å². The van der Waals surface area contributed by atoms with Crippen LogP contribution in [-0.4, -0.2) is 31.1 Å². The molecule has 0 aliphatic heterocycles. The van der Waals surface area contributed by atoms with Crippen LogP contribution in [0.2, 0.25) is 0 Å². The van der Waals surface area contributed by atoms with E-state index in [9.17, 15) is 4.79 Å². The first-order chi connectivity index (χ1) is 12.6. The standard InChI is InChI=1S/C21H27N3O2.2ClH/c1-23-17-8-10-21(11-9-17,20(22)25)14-16-13-15(6-7-19(16)26-2)18-5-3-4-12-24-18;;/h3-7,12-13,17,23H,8-11,14H2,1-2H3,(H2,22,25);2*1H. The highest BCUT2D eigenvalue weighted by atomic mass is 35.5. The number of amides is 1. The zero-order valence-corrected chi connectivity index (χ0v) is 17.9. The molecular weight excluding hydrogens is 397 g/mol. The first-order valence-electron chi connectivity index (χ1n) is 9.13. The van der Waals surface area contributed by atoms with Crippen LogP contribution in [0.15, 0.2) is 42.6 Å². The summed E-state index contributed by atoms with van der Waals surface area (Å²) in [7, 11) is 3.63. The molecule has 7 heteroatoms. The number of hydrogen-bond acceptors (Lipinski definition) is 4. The maximum absolute atomic E-state index is 12.4. The zero-order chi connectivity index (χ0) is 18.6. The van der Waals surface area contributed by atoms with Crippen LogP contribution in [0.1, 0.15) is 31.2 Å². The highest BCUT2D eigenvalue weighted by molar-refractivity contribution is 5.85. The van der Waals surface area contributed by atoms with E-state index < -0.39 is 5.41 Å². The molecule has 1 aliphatic carbocycles. The van der Waals surface area contributed by atoms with Crippen LogP contribution in [-0.2, 0) is 11.2 Å². The molecule has 3 N–H and O–H groups in total. The molecule has 0 spiro atoms. The van der Waals surface area contributed by atoms with Crippen LogP contribution in [0, 0.1) is 5.41 Å². The summed E-state index contributed by atoms with van der Waals surface area (Å²) in [6.07, 6.45) is 5.89. The fourth-order valence-corrected chi connectivity index (χ4v) is 3.94. The predicted molar refractivity (Wildman–Crippen MR) is 117 cm³/mol. The molecule has 154 valence electrons. The molecule has 0 atom stereocenters. The number of pyridine rings is 1. The van der Waals surface area contributed by atoms with Gasteiger partial charge in [0.2, 0.25) is 5.91 Å². The summed E-state index contributed by atoms with van der Waals surface area (Å²) in [6.45, 7) is 0. The molecule has 0 unspecified atom stereocenters. The lowest BCUT2D eigenvalue weighted by molar-refractivity contribution is -0.129. The molecule has 0 radical (unpaired) electrons. The number of halogens is 2. The second-order valence-electron chi connectivity index (χ2n) is 7.13. The predicted octanol–water partition coefficient (Wildman–Crippen LogP) is 3.78. The number of nitrogens with two attached hydrogens (primary N) is 1. The summed E-state index contributed by atoms with van der Waals surface area (Å²) in [4.78, 5) is 16.8. The quantitative estimate of drug-likeness (QED) is 0.737. The van der Waals surface area contributed by atoms with Crippen molar-refractivity contribution < 1.29 is 9.53 Å². The molecule has 2 aromatic rings. The van der Waals surface area contributed by atoms with Crippen molar-refractivity contribution in [3.8, 4) is 17.0 Å². The molecule has 1 saturated carbocycles. The lowest BCUT2D eigenvalue weighted by Crippen LogP contribution is -2.45. The number of nitrogens with zero attached hydrogens (tertiary/aromatic N) is 1.